The van der Waals surface area contributed by atoms with E-state index in [2.05, 4.69) is 27.8 Å². The number of rotatable bonds is 5. The molecule has 5 nitrogen and oxygen atoms in total. The Labute approximate surface area is 122 Å². The van der Waals surface area contributed by atoms with Crippen LogP contribution in [0.2, 0.25) is 0 Å². The summed E-state index contributed by atoms with van der Waals surface area (Å²) in [5.41, 5.74) is 0. The van der Waals surface area contributed by atoms with Crippen LogP contribution in [0, 0.1) is 5.92 Å². The molecule has 0 aliphatic heterocycles. The van der Waals surface area contributed by atoms with Crippen LogP contribution in [0.1, 0.15) is 32.6 Å². The lowest BCUT2D eigenvalue weighted by molar-refractivity contribution is -0.119. The Balaban J connectivity index is 1.74. The maximum atomic E-state index is 11.9. The van der Waals surface area contributed by atoms with Crippen LogP contribution in [-0.2, 0) is 4.79 Å². The summed E-state index contributed by atoms with van der Waals surface area (Å²) in [7, 11) is 1.81. The molecule has 1 amide bonds. The predicted octanol–water partition coefficient (Wildman–Crippen LogP) is 2.37. The normalized spacial score (nSPS) is 23.1. The molecule has 0 aromatic carbocycles. The van der Waals surface area contributed by atoms with Crippen molar-refractivity contribution >= 4 is 34.1 Å². The first-order valence-electron chi connectivity index (χ1n) is 6.62. The maximum absolute atomic E-state index is 11.9. The van der Waals surface area contributed by atoms with Crippen molar-refractivity contribution in [1.29, 1.82) is 0 Å². The van der Waals surface area contributed by atoms with Crippen molar-refractivity contribution in [2.45, 2.75) is 43.0 Å². The molecule has 1 heterocycles. The summed E-state index contributed by atoms with van der Waals surface area (Å²) in [6.07, 6.45) is 4.85. The lowest BCUT2D eigenvalue weighted by Gasteiger charge is -2.29. The number of anilines is 1. The molecular formula is C12H20N4OS2. The number of hydrogen-bond donors (Lipinski definition) is 2. The van der Waals surface area contributed by atoms with Crippen molar-refractivity contribution < 1.29 is 4.79 Å². The average Bonchev–Trinajstić information content (AvgIpc) is 2.87. The lowest BCUT2D eigenvalue weighted by atomic mass is 9.86. The van der Waals surface area contributed by atoms with Gasteiger partial charge in [0.05, 0.1) is 5.75 Å². The Kier molecular flexibility index (Phi) is 5.45. The van der Waals surface area contributed by atoms with Crippen LogP contribution in [0.4, 0.5) is 5.13 Å². The highest BCUT2D eigenvalue weighted by Gasteiger charge is 2.22. The molecule has 1 aliphatic rings. The third kappa shape index (κ3) is 4.35. The molecule has 2 N–H and O–H groups in total. The minimum atomic E-state index is 0.102. The number of hydrogen-bond acceptors (Lipinski definition) is 6. The third-order valence-corrected chi connectivity index (χ3v) is 5.48. The molecule has 1 aromatic rings. The van der Waals surface area contributed by atoms with Gasteiger partial charge in [0.25, 0.3) is 0 Å². The number of aromatic nitrogens is 2. The van der Waals surface area contributed by atoms with Gasteiger partial charge in [-0.2, -0.15) is 0 Å². The Hall–Kier alpha value is -0.820. The third-order valence-electron chi connectivity index (χ3n) is 3.40. The lowest BCUT2D eigenvalue weighted by Crippen LogP contribution is -2.41. The van der Waals surface area contributed by atoms with Gasteiger partial charge in [-0.15, -0.1) is 10.2 Å². The zero-order valence-electron chi connectivity index (χ0n) is 11.3. The second-order valence-corrected chi connectivity index (χ2v) is 7.05. The van der Waals surface area contributed by atoms with Crippen LogP contribution < -0.4 is 10.6 Å². The summed E-state index contributed by atoms with van der Waals surface area (Å²) in [4.78, 5) is 11.9. The van der Waals surface area contributed by atoms with Gasteiger partial charge >= 0.3 is 0 Å². The summed E-state index contributed by atoms with van der Waals surface area (Å²) in [6, 6.07) is 0.351. The van der Waals surface area contributed by atoms with E-state index in [0.717, 1.165) is 15.9 Å². The smallest absolute Gasteiger partial charge is 0.230 e. The molecule has 0 bridgehead atoms. The fourth-order valence-corrected chi connectivity index (χ4v) is 3.79. The van der Waals surface area contributed by atoms with E-state index in [-0.39, 0.29) is 5.91 Å². The van der Waals surface area contributed by atoms with E-state index in [1.165, 1.54) is 42.4 Å². The van der Waals surface area contributed by atoms with Crippen LogP contribution in [0.15, 0.2) is 4.34 Å². The van der Waals surface area contributed by atoms with Gasteiger partial charge in [0.1, 0.15) is 0 Å². The Morgan fingerprint density at radius 1 is 1.42 bits per heavy atom. The van der Waals surface area contributed by atoms with E-state index in [9.17, 15) is 4.79 Å². The molecule has 2 atom stereocenters. The van der Waals surface area contributed by atoms with E-state index < -0.39 is 0 Å². The highest BCUT2D eigenvalue weighted by Crippen LogP contribution is 2.26. The van der Waals surface area contributed by atoms with Crippen LogP contribution in [0.25, 0.3) is 0 Å². The fraction of sp³-hybridized carbons (Fsp3) is 0.750. The van der Waals surface area contributed by atoms with Gasteiger partial charge in [-0.3, -0.25) is 4.79 Å². The second kappa shape index (κ2) is 7.09. The largest absolute Gasteiger partial charge is 0.363 e. The van der Waals surface area contributed by atoms with Crippen molar-refractivity contribution in [1.82, 2.24) is 15.5 Å². The second-order valence-electron chi connectivity index (χ2n) is 4.85. The van der Waals surface area contributed by atoms with Gasteiger partial charge in [0.2, 0.25) is 11.0 Å². The number of thioether (sulfide) groups is 1. The molecule has 0 saturated heterocycles. The van der Waals surface area contributed by atoms with Crippen LogP contribution in [-0.4, -0.2) is 34.9 Å². The van der Waals surface area contributed by atoms with Crippen LogP contribution in [0.3, 0.4) is 0 Å². The first-order chi connectivity index (χ1) is 9.19. The van der Waals surface area contributed by atoms with E-state index in [4.69, 9.17) is 0 Å². The average molecular weight is 300 g/mol. The first kappa shape index (κ1) is 14.6. The van der Waals surface area contributed by atoms with E-state index in [1.807, 2.05) is 7.05 Å². The predicted molar refractivity (Wildman–Crippen MR) is 79.7 cm³/mol. The number of carbonyl (C=O) groups excluding carboxylic acids is 1. The number of amides is 1. The van der Waals surface area contributed by atoms with Crippen LogP contribution >= 0.6 is 23.1 Å². The van der Waals surface area contributed by atoms with Crippen molar-refractivity contribution in [3.63, 3.8) is 0 Å². The SMILES string of the molecule is CNc1nnc(SCC(=O)N[C@@H]2CCCC[C@@H]2C)s1. The quantitative estimate of drug-likeness (QED) is 0.817. The van der Waals surface area contributed by atoms with Gasteiger partial charge < -0.3 is 10.6 Å². The van der Waals surface area contributed by atoms with Gasteiger partial charge in [-0.1, -0.05) is 42.9 Å². The Morgan fingerprint density at radius 3 is 2.89 bits per heavy atom. The molecule has 1 fully saturated rings. The number of carbonyl (C=O) groups is 1. The minimum Gasteiger partial charge on any atom is -0.363 e. The van der Waals surface area contributed by atoms with Crippen LogP contribution in [0.5, 0.6) is 0 Å². The van der Waals surface area contributed by atoms with Crippen molar-refractivity contribution in [2.75, 3.05) is 18.1 Å². The van der Waals surface area contributed by atoms with E-state index in [1.54, 1.807) is 0 Å². The molecule has 0 radical (unpaired) electrons. The van der Waals surface area contributed by atoms with Gasteiger partial charge in [0.15, 0.2) is 4.34 Å². The molecule has 106 valence electrons. The molecular weight excluding hydrogens is 280 g/mol. The molecule has 0 spiro atoms. The monoisotopic (exact) mass is 300 g/mol. The zero-order chi connectivity index (χ0) is 13.7. The van der Waals surface area contributed by atoms with E-state index >= 15 is 0 Å². The highest BCUT2D eigenvalue weighted by molar-refractivity contribution is 8.01. The topological polar surface area (TPSA) is 66.9 Å². The summed E-state index contributed by atoms with van der Waals surface area (Å²) in [5.74, 6) is 1.12. The standard InChI is InChI=1S/C12H20N4OS2/c1-8-5-3-4-6-9(8)14-10(17)7-18-12-16-15-11(13-2)19-12/h8-9H,3-7H2,1-2H3,(H,13,15)(H,14,17)/t8-,9+/m0/s1. The van der Waals surface area contributed by atoms with E-state index in [0.29, 0.717) is 17.7 Å². The molecule has 2 rings (SSSR count). The Bertz CT molecular complexity index is 424. The first-order valence-corrected chi connectivity index (χ1v) is 8.42. The summed E-state index contributed by atoms with van der Waals surface area (Å²) >= 11 is 2.92. The molecule has 0 unspecified atom stereocenters. The van der Waals surface area contributed by atoms with Gasteiger partial charge in [-0.05, 0) is 18.8 Å². The van der Waals surface area contributed by atoms with Crippen molar-refractivity contribution in [3.05, 3.63) is 0 Å². The minimum absolute atomic E-state index is 0.102. The number of nitrogens with one attached hydrogen (secondary N) is 2. The fourth-order valence-electron chi connectivity index (χ4n) is 2.28. The van der Waals surface area contributed by atoms with Gasteiger partial charge in [0, 0.05) is 13.1 Å². The maximum Gasteiger partial charge on any atom is 0.230 e. The molecule has 1 aromatic heterocycles. The molecule has 19 heavy (non-hydrogen) atoms. The molecule has 7 heteroatoms. The zero-order valence-corrected chi connectivity index (χ0v) is 12.9. The summed E-state index contributed by atoms with van der Waals surface area (Å²) in [6.45, 7) is 2.22. The van der Waals surface area contributed by atoms with Crippen molar-refractivity contribution in [3.8, 4) is 0 Å². The summed E-state index contributed by atoms with van der Waals surface area (Å²) in [5, 5.41) is 14.8. The Morgan fingerprint density at radius 2 is 2.21 bits per heavy atom. The molecule has 1 saturated carbocycles. The summed E-state index contributed by atoms with van der Waals surface area (Å²) < 4.78 is 0.830. The van der Waals surface area contributed by atoms with Gasteiger partial charge in [-0.25, -0.2) is 0 Å². The molecule has 1 aliphatic carbocycles. The van der Waals surface area contributed by atoms with Crippen molar-refractivity contribution in [2.24, 2.45) is 5.92 Å². The highest BCUT2D eigenvalue weighted by atomic mass is 32.2. The number of nitrogens with zero attached hydrogens (tertiary/aromatic N) is 2.